The maximum absolute atomic E-state index is 12.9. The molecule has 3 atom stereocenters. The molecule has 14 heteroatoms. The highest BCUT2D eigenvalue weighted by Gasteiger charge is 2.45. The van der Waals surface area contributed by atoms with Crippen molar-refractivity contribution in [1.82, 2.24) is 29.3 Å². The molecule has 0 amide bonds. The Morgan fingerprint density at radius 1 is 0.939 bits per heavy atom. The van der Waals surface area contributed by atoms with Crippen molar-refractivity contribution in [3.8, 4) is 11.4 Å². The number of imidazole rings is 1. The number of anilines is 2. The molecule has 256 valence electrons. The van der Waals surface area contributed by atoms with Gasteiger partial charge in [0.05, 0.1) is 17.3 Å². The molecule has 7 rings (SSSR count). The number of hydrogen-bond donors (Lipinski definition) is 0. The van der Waals surface area contributed by atoms with Crippen LogP contribution in [0.3, 0.4) is 0 Å². The first-order chi connectivity index (χ1) is 23.8. The Labute approximate surface area is 294 Å². The summed E-state index contributed by atoms with van der Waals surface area (Å²) in [5, 5.41) is 12.4. The van der Waals surface area contributed by atoms with Gasteiger partial charge in [0.1, 0.15) is 31.3 Å². The fraction of sp³-hybridized carbons (Fsp3) is 0.371. The minimum Gasteiger partial charge on any atom is -0.491 e. The van der Waals surface area contributed by atoms with E-state index >= 15 is 0 Å². The summed E-state index contributed by atoms with van der Waals surface area (Å²) >= 11 is 12.7. The number of rotatable bonds is 11. The fourth-order valence-electron chi connectivity index (χ4n) is 6.33. The van der Waals surface area contributed by atoms with Crippen molar-refractivity contribution in [2.45, 2.75) is 44.7 Å². The Bertz CT molecular complexity index is 1910. The Hall–Kier alpha value is -4.36. The monoisotopic (exact) mass is 704 g/mol. The van der Waals surface area contributed by atoms with Crippen LogP contribution in [0.15, 0.2) is 90.2 Å². The molecule has 0 N–H and O–H groups in total. The van der Waals surface area contributed by atoms with Crippen LogP contribution in [-0.2, 0) is 21.8 Å². The van der Waals surface area contributed by atoms with Gasteiger partial charge in [0.2, 0.25) is 5.79 Å². The number of ether oxygens (including phenoxy) is 3. The zero-order valence-corrected chi connectivity index (χ0v) is 28.9. The summed E-state index contributed by atoms with van der Waals surface area (Å²) in [6.07, 6.45) is 5.77. The van der Waals surface area contributed by atoms with Crippen molar-refractivity contribution in [3.05, 3.63) is 112 Å². The van der Waals surface area contributed by atoms with Crippen molar-refractivity contribution in [2.24, 2.45) is 0 Å². The molecule has 3 aromatic carbocycles. The Morgan fingerprint density at radius 2 is 1.61 bits per heavy atom. The van der Waals surface area contributed by atoms with Crippen LogP contribution in [-0.4, -0.2) is 74.8 Å². The van der Waals surface area contributed by atoms with Gasteiger partial charge in [0.25, 0.3) is 0 Å². The quantitative estimate of drug-likeness (QED) is 0.174. The van der Waals surface area contributed by atoms with Gasteiger partial charge in [0, 0.05) is 66.6 Å². The number of benzene rings is 3. The number of aromatic nitrogens is 6. The molecule has 2 aromatic heterocycles. The maximum atomic E-state index is 12.9. The maximum Gasteiger partial charge on any atom is 0.332 e. The second-order valence-electron chi connectivity index (χ2n) is 12.3. The molecule has 0 radical (unpaired) electrons. The van der Waals surface area contributed by atoms with Crippen LogP contribution in [0.5, 0.6) is 5.75 Å². The summed E-state index contributed by atoms with van der Waals surface area (Å²) < 4.78 is 23.8. The zero-order valence-electron chi connectivity index (χ0n) is 27.4. The number of piperazine rings is 1. The van der Waals surface area contributed by atoms with E-state index in [1.807, 2.05) is 36.7 Å². The lowest BCUT2D eigenvalue weighted by Crippen LogP contribution is -2.46. The second kappa shape index (κ2) is 14.2. The average Bonchev–Trinajstić information content (AvgIpc) is 3.88. The molecule has 2 fully saturated rings. The van der Waals surface area contributed by atoms with E-state index in [1.54, 1.807) is 32.0 Å². The first-order valence-electron chi connectivity index (χ1n) is 16.4. The largest absolute Gasteiger partial charge is 0.491 e. The third-order valence-corrected chi connectivity index (χ3v) is 9.79. The number of tetrazole rings is 1. The zero-order chi connectivity index (χ0) is 34.0. The Kier molecular flexibility index (Phi) is 9.64. The highest BCUT2D eigenvalue weighted by Crippen LogP contribution is 2.40. The minimum atomic E-state index is -1.20. The van der Waals surface area contributed by atoms with Crippen molar-refractivity contribution in [1.29, 1.82) is 0 Å². The molecule has 0 spiro atoms. The lowest BCUT2D eigenvalue weighted by Gasteiger charge is -2.37. The van der Waals surface area contributed by atoms with Crippen LogP contribution in [0, 0.1) is 0 Å². The standard InChI is InChI=1S/C35H38Cl2N8O4/c1-3-25(2)44-18-19-45(34(44)46)29-7-5-27(6-8-29)41-14-16-42(17-15-41)28-9-11-30(12-10-28)47-21-31-22-48-35(49-31,23-43-24-38-39-40-43)32-13-4-26(36)20-33(32)37/h4-13,18-20,24-25,31H,3,14-17,21-23H2,1-2H3/t25-,31+,35+/m0/s1. The van der Waals surface area contributed by atoms with Gasteiger partial charge in [-0.05, 0) is 84.4 Å². The first kappa shape index (κ1) is 33.2. The van der Waals surface area contributed by atoms with Gasteiger partial charge in [-0.2, -0.15) is 0 Å². The van der Waals surface area contributed by atoms with Gasteiger partial charge in [-0.3, -0.25) is 9.13 Å². The summed E-state index contributed by atoms with van der Waals surface area (Å²) in [6.45, 7) is 8.52. The van der Waals surface area contributed by atoms with Crippen LogP contribution in [0.1, 0.15) is 31.9 Å². The molecule has 2 aliphatic heterocycles. The highest BCUT2D eigenvalue weighted by molar-refractivity contribution is 6.35. The molecule has 2 saturated heterocycles. The molecule has 5 aromatic rings. The molecular formula is C35H38Cl2N8O4. The number of hydrogen-bond acceptors (Lipinski definition) is 9. The Morgan fingerprint density at radius 3 is 2.24 bits per heavy atom. The predicted molar refractivity (Wildman–Crippen MR) is 188 cm³/mol. The predicted octanol–water partition coefficient (Wildman–Crippen LogP) is 5.58. The molecule has 0 unspecified atom stereocenters. The van der Waals surface area contributed by atoms with E-state index in [9.17, 15) is 4.79 Å². The normalized spacial score (nSPS) is 20.1. The van der Waals surface area contributed by atoms with Gasteiger partial charge in [0.15, 0.2) is 0 Å². The average molecular weight is 706 g/mol. The molecule has 4 heterocycles. The first-order valence-corrected chi connectivity index (χ1v) is 17.2. The van der Waals surface area contributed by atoms with Crippen molar-refractivity contribution >= 4 is 34.6 Å². The van der Waals surface area contributed by atoms with Crippen LogP contribution < -0.4 is 20.2 Å². The van der Waals surface area contributed by atoms with E-state index in [2.05, 4.69) is 63.4 Å². The smallest absolute Gasteiger partial charge is 0.332 e. The minimum absolute atomic E-state index is 0.00750. The van der Waals surface area contributed by atoms with Gasteiger partial charge < -0.3 is 24.0 Å². The van der Waals surface area contributed by atoms with Gasteiger partial charge >= 0.3 is 5.69 Å². The fourth-order valence-corrected chi connectivity index (χ4v) is 6.88. The van der Waals surface area contributed by atoms with Crippen LogP contribution in [0.4, 0.5) is 11.4 Å². The molecule has 0 aliphatic carbocycles. The van der Waals surface area contributed by atoms with Crippen molar-refractivity contribution in [2.75, 3.05) is 49.2 Å². The summed E-state index contributed by atoms with van der Waals surface area (Å²) in [4.78, 5) is 17.6. The molecule has 12 nitrogen and oxygen atoms in total. The third-order valence-electron chi connectivity index (χ3n) is 9.24. The van der Waals surface area contributed by atoms with Gasteiger partial charge in [-0.15, -0.1) is 5.10 Å². The van der Waals surface area contributed by atoms with Crippen molar-refractivity contribution in [3.63, 3.8) is 0 Å². The van der Waals surface area contributed by atoms with Crippen LogP contribution >= 0.6 is 23.2 Å². The summed E-state index contributed by atoms with van der Waals surface area (Å²) in [5.74, 6) is -0.453. The molecular weight excluding hydrogens is 667 g/mol. The SMILES string of the molecule is CC[C@H](C)n1ccn(-c2ccc(N3CCN(c4ccc(OC[C@@H]5CO[C@@](Cn6cnnn6)(c6ccc(Cl)cc6Cl)O5)cc4)CC3)cc2)c1=O. The van der Waals surface area contributed by atoms with E-state index in [1.165, 1.54) is 6.33 Å². The topological polar surface area (TPSA) is 105 Å². The van der Waals surface area contributed by atoms with Gasteiger partial charge in [-0.25, -0.2) is 9.48 Å². The lowest BCUT2D eigenvalue weighted by molar-refractivity contribution is -0.190. The van der Waals surface area contributed by atoms with E-state index in [-0.39, 0.29) is 31.0 Å². The highest BCUT2D eigenvalue weighted by atomic mass is 35.5. The molecule has 0 bridgehead atoms. The second-order valence-corrected chi connectivity index (χ2v) is 13.2. The van der Waals surface area contributed by atoms with Crippen LogP contribution in [0.2, 0.25) is 10.0 Å². The Balaban J connectivity index is 0.925. The van der Waals surface area contributed by atoms with Crippen molar-refractivity contribution < 1.29 is 14.2 Å². The molecule has 0 saturated carbocycles. The van der Waals surface area contributed by atoms with E-state index in [0.29, 0.717) is 22.2 Å². The summed E-state index contributed by atoms with van der Waals surface area (Å²) in [7, 11) is 0. The van der Waals surface area contributed by atoms with Gasteiger partial charge in [-0.1, -0.05) is 36.2 Å². The summed E-state index contributed by atoms with van der Waals surface area (Å²) in [6, 6.07) is 21.8. The van der Waals surface area contributed by atoms with E-state index in [4.69, 9.17) is 37.4 Å². The number of halogens is 2. The summed E-state index contributed by atoms with van der Waals surface area (Å²) in [5.41, 5.74) is 3.80. The third kappa shape index (κ3) is 7.04. The van der Waals surface area contributed by atoms with E-state index in [0.717, 1.165) is 55.4 Å². The molecule has 49 heavy (non-hydrogen) atoms. The number of nitrogens with zero attached hydrogens (tertiary/aromatic N) is 8. The van der Waals surface area contributed by atoms with E-state index < -0.39 is 5.79 Å². The molecule has 2 aliphatic rings. The lowest BCUT2D eigenvalue weighted by atomic mass is 10.1. The van der Waals surface area contributed by atoms with Crippen LogP contribution in [0.25, 0.3) is 5.69 Å².